The first-order chi connectivity index (χ1) is 14.2. The van der Waals surface area contributed by atoms with Crippen molar-refractivity contribution < 1.29 is 13.2 Å². The molecule has 1 amide bonds. The van der Waals surface area contributed by atoms with Gasteiger partial charge in [0.05, 0.1) is 16.5 Å². The molecule has 3 rings (SSSR count). The van der Waals surface area contributed by atoms with Gasteiger partial charge in [-0.05, 0) is 78.6 Å². The second kappa shape index (κ2) is 9.60. The van der Waals surface area contributed by atoms with Crippen LogP contribution in [0.2, 0.25) is 0 Å². The summed E-state index contributed by atoms with van der Waals surface area (Å²) >= 11 is 3.37. The number of benzene rings is 2. The normalized spacial score (nSPS) is 15.2. The lowest BCUT2D eigenvalue weighted by atomic mass is 10.0. The number of aryl methyl sites for hydroxylation is 1. The summed E-state index contributed by atoms with van der Waals surface area (Å²) in [6, 6.07) is 12.9. The zero-order chi connectivity index (χ0) is 21.9. The van der Waals surface area contributed by atoms with Crippen LogP contribution in [0.5, 0.6) is 0 Å². The van der Waals surface area contributed by atoms with E-state index in [-0.39, 0.29) is 22.9 Å². The summed E-state index contributed by atoms with van der Waals surface area (Å²) < 4.78 is 28.2. The predicted molar refractivity (Wildman–Crippen MR) is 122 cm³/mol. The van der Waals surface area contributed by atoms with E-state index in [0.29, 0.717) is 16.6 Å². The fourth-order valence-electron chi connectivity index (χ4n) is 3.19. The van der Waals surface area contributed by atoms with Crippen molar-refractivity contribution in [2.45, 2.75) is 43.2 Å². The molecule has 2 aromatic rings. The van der Waals surface area contributed by atoms with Crippen molar-refractivity contribution in [2.24, 2.45) is 0 Å². The van der Waals surface area contributed by atoms with E-state index in [1.807, 2.05) is 14.1 Å². The molecule has 0 aliphatic heterocycles. The van der Waals surface area contributed by atoms with E-state index in [1.165, 1.54) is 17.7 Å². The Morgan fingerprint density at radius 1 is 1.17 bits per heavy atom. The smallest absolute Gasteiger partial charge is 0.252 e. The first-order valence-corrected chi connectivity index (χ1v) is 12.3. The number of nitrogens with one attached hydrogen (secondary N) is 2. The summed E-state index contributed by atoms with van der Waals surface area (Å²) in [5, 5.41) is 2.95. The molecule has 0 saturated heterocycles. The highest BCUT2D eigenvalue weighted by Gasteiger charge is 2.28. The summed E-state index contributed by atoms with van der Waals surface area (Å²) in [4.78, 5) is 15.0. The molecule has 1 aliphatic rings. The Kier molecular flexibility index (Phi) is 7.34. The number of halogens is 1. The van der Waals surface area contributed by atoms with Crippen LogP contribution in [0.3, 0.4) is 0 Å². The summed E-state index contributed by atoms with van der Waals surface area (Å²) in [5.41, 5.74) is 2.68. The van der Waals surface area contributed by atoms with Crippen molar-refractivity contribution in [2.75, 3.05) is 20.6 Å². The first kappa shape index (κ1) is 22.9. The van der Waals surface area contributed by atoms with E-state index >= 15 is 0 Å². The first-order valence-electron chi connectivity index (χ1n) is 10.1. The van der Waals surface area contributed by atoms with Gasteiger partial charge in [-0.25, -0.2) is 13.1 Å². The highest BCUT2D eigenvalue weighted by atomic mass is 79.9. The number of rotatable bonds is 9. The highest BCUT2D eigenvalue weighted by molar-refractivity contribution is 9.10. The molecule has 1 atom stereocenters. The van der Waals surface area contributed by atoms with E-state index in [2.05, 4.69) is 62.1 Å². The lowest BCUT2D eigenvalue weighted by Gasteiger charge is -2.25. The monoisotopic (exact) mass is 493 g/mol. The topological polar surface area (TPSA) is 78.5 Å². The molecule has 0 heterocycles. The van der Waals surface area contributed by atoms with Crippen LogP contribution in [0.15, 0.2) is 51.8 Å². The van der Waals surface area contributed by atoms with Crippen molar-refractivity contribution in [1.82, 2.24) is 14.9 Å². The van der Waals surface area contributed by atoms with Crippen LogP contribution in [-0.4, -0.2) is 45.9 Å². The molecule has 8 heteroatoms. The van der Waals surface area contributed by atoms with Gasteiger partial charge in [0, 0.05) is 17.1 Å². The SMILES string of the molecule is CCc1ccc(C(CNC(=O)c2cc(S(=O)(=O)NC3CC3)ccc2Br)N(C)C)cc1. The molecule has 0 spiro atoms. The molecule has 30 heavy (non-hydrogen) atoms. The molecule has 1 aliphatic carbocycles. The van der Waals surface area contributed by atoms with Gasteiger partial charge in [-0.1, -0.05) is 31.2 Å². The molecule has 1 fully saturated rings. The molecular formula is C22H28BrN3O3S. The van der Waals surface area contributed by atoms with E-state index in [9.17, 15) is 13.2 Å². The number of nitrogens with zero attached hydrogens (tertiary/aromatic N) is 1. The van der Waals surface area contributed by atoms with Crippen molar-refractivity contribution in [3.05, 3.63) is 63.6 Å². The molecule has 1 saturated carbocycles. The zero-order valence-corrected chi connectivity index (χ0v) is 19.9. The van der Waals surface area contributed by atoms with Crippen molar-refractivity contribution >= 4 is 31.9 Å². The highest BCUT2D eigenvalue weighted by Crippen LogP contribution is 2.25. The Hall–Kier alpha value is -1.74. The lowest BCUT2D eigenvalue weighted by molar-refractivity contribution is 0.0941. The second-order valence-electron chi connectivity index (χ2n) is 7.82. The fourth-order valence-corrected chi connectivity index (χ4v) is 4.95. The van der Waals surface area contributed by atoms with Gasteiger partial charge in [-0.3, -0.25) is 4.79 Å². The number of hydrogen-bond acceptors (Lipinski definition) is 4. The molecular weight excluding hydrogens is 466 g/mol. The molecule has 0 bridgehead atoms. The minimum atomic E-state index is -3.62. The summed E-state index contributed by atoms with van der Waals surface area (Å²) in [6.45, 7) is 2.52. The maximum Gasteiger partial charge on any atom is 0.252 e. The molecule has 6 nitrogen and oxygen atoms in total. The molecule has 1 unspecified atom stereocenters. The van der Waals surface area contributed by atoms with E-state index in [0.717, 1.165) is 24.8 Å². The van der Waals surface area contributed by atoms with E-state index in [1.54, 1.807) is 6.07 Å². The Morgan fingerprint density at radius 3 is 2.40 bits per heavy atom. The molecule has 0 aromatic heterocycles. The molecule has 162 valence electrons. The maximum absolute atomic E-state index is 12.9. The summed E-state index contributed by atoms with van der Waals surface area (Å²) in [6.07, 6.45) is 2.69. The second-order valence-corrected chi connectivity index (χ2v) is 10.4. The third-order valence-corrected chi connectivity index (χ3v) is 7.45. The van der Waals surface area contributed by atoms with Crippen molar-refractivity contribution in [3.8, 4) is 0 Å². The van der Waals surface area contributed by atoms with Gasteiger partial charge in [0.2, 0.25) is 10.0 Å². The Bertz CT molecular complexity index is 1000. The molecule has 2 aromatic carbocycles. The largest absolute Gasteiger partial charge is 0.350 e. The average Bonchev–Trinajstić information content (AvgIpc) is 3.51. The minimum Gasteiger partial charge on any atom is -0.350 e. The van der Waals surface area contributed by atoms with Crippen LogP contribution in [0.25, 0.3) is 0 Å². The summed E-state index contributed by atoms with van der Waals surface area (Å²) in [7, 11) is 0.316. The van der Waals surface area contributed by atoms with Gasteiger partial charge in [-0.15, -0.1) is 0 Å². The van der Waals surface area contributed by atoms with E-state index < -0.39 is 10.0 Å². The molecule has 2 N–H and O–H groups in total. The molecule has 0 radical (unpaired) electrons. The lowest BCUT2D eigenvalue weighted by Crippen LogP contribution is -2.35. The van der Waals surface area contributed by atoms with Crippen LogP contribution in [0.1, 0.15) is 47.3 Å². The summed E-state index contributed by atoms with van der Waals surface area (Å²) in [5.74, 6) is -0.317. The minimum absolute atomic E-state index is 0.00193. The zero-order valence-electron chi connectivity index (χ0n) is 17.5. The van der Waals surface area contributed by atoms with Gasteiger partial charge < -0.3 is 10.2 Å². The van der Waals surface area contributed by atoms with Gasteiger partial charge >= 0.3 is 0 Å². The Balaban J connectivity index is 1.74. The average molecular weight is 494 g/mol. The van der Waals surface area contributed by atoms with Crippen LogP contribution < -0.4 is 10.0 Å². The quantitative estimate of drug-likeness (QED) is 0.560. The third-order valence-electron chi connectivity index (χ3n) is 5.24. The maximum atomic E-state index is 12.9. The Labute approximate surface area is 187 Å². The van der Waals surface area contributed by atoms with Gasteiger partial charge in [0.25, 0.3) is 5.91 Å². The number of carbonyl (C=O) groups is 1. The van der Waals surface area contributed by atoms with Crippen molar-refractivity contribution in [1.29, 1.82) is 0 Å². The van der Waals surface area contributed by atoms with Crippen LogP contribution >= 0.6 is 15.9 Å². The standard InChI is InChI=1S/C22H28BrN3O3S/c1-4-15-5-7-16(8-6-15)21(26(2)3)14-24-22(27)19-13-18(11-12-20(19)23)30(28,29)25-17-9-10-17/h5-8,11-13,17,21,25H,4,9-10,14H2,1-3H3,(H,24,27). The number of carbonyl (C=O) groups excluding carboxylic acids is 1. The van der Waals surface area contributed by atoms with Crippen molar-refractivity contribution in [3.63, 3.8) is 0 Å². The van der Waals surface area contributed by atoms with Gasteiger partial charge in [0.1, 0.15) is 0 Å². The van der Waals surface area contributed by atoms with Crippen LogP contribution in [0, 0.1) is 0 Å². The predicted octanol–water partition coefficient (Wildman–Crippen LogP) is 3.48. The third kappa shape index (κ3) is 5.69. The van der Waals surface area contributed by atoms with E-state index in [4.69, 9.17) is 0 Å². The number of likely N-dealkylation sites (N-methyl/N-ethyl adjacent to an activating group) is 1. The van der Waals surface area contributed by atoms with Gasteiger partial charge in [0.15, 0.2) is 0 Å². The fraction of sp³-hybridized carbons (Fsp3) is 0.409. The van der Waals surface area contributed by atoms with Crippen LogP contribution in [-0.2, 0) is 16.4 Å². The van der Waals surface area contributed by atoms with Gasteiger partial charge in [-0.2, -0.15) is 0 Å². The number of amides is 1. The number of hydrogen-bond donors (Lipinski definition) is 2. The Morgan fingerprint density at radius 2 is 1.83 bits per heavy atom. The van der Waals surface area contributed by atoms with Crippen LogP contribution in [0.4, 0.5) is 0 Å². The number of sulfonamides is 1.